The lowest BCUT2D eigenvalue weighted by Crippen LogP contribution is -2.09. The van der Waals surface area contributed by atoms with Crippen molar-refractivity contribution in [2.75, 3.05) is 0 Å². The van der Waals surface area contributed by atoms with Gasteiger partial charge in [-0.1, -0.05) is 31.4 Å². The summed E-state index contributed by atoms with van der Waals surface area (Å²) >= 11 is 0. The maximum absolute atomic E-state index is 12.2. The van der Waals surface area contributed by atoms with Crippen LogP contribution in [0.2, 0.25) is 0 Å². The van der Waals surface area contributed by atoms with Crippen molar-refractivity contribution in [2.24, 2.45) is 0 Å². The van der Waals surface area contributed by atoms with Gasteiger partial charge in [0.1, 0.15) is 5.75 Å². The molecule has 5 nitrogen and oxygen atoms in total. The fourth-order valence-electron chi connectivity index (χ4n) is 3.40. The van der Waals surface area contributed by atoms with Gasteiger partial charge in [-0.2, -0.15) is 0 Å². The summed E-state index contributed by atoms with van der Waals surface area (Å²) in [4.78, 5) is 22.6. The SMILES string of the molecule is Cc1cc(C(=O)Oc2ccc(C3CCCCC3)cc2)ccc1[N+](=O)[O-]. The molecule has 1 aliphatic rings. The normalized spacial score (nSPS) is 14.9. The quantitative estimate of drug-likeness (QED) is 0.333. The molecule has 0 aliphatic heterocycles. The van der Waals surface area contributed by atoms with E-state index >= 15 is 0 Å². The summed E-state index contributed by atoms with van der Waals surface area (Å²) in [5.41, 5.74) is 2.03. The molecule has 1 saturated carbocycles. The lowest BCUT2D eigenvalue weighted by atomic mass is 9.84. The van der Waals surface area contributed by atoms with Crippen molar-refractivity contribution >= 4 is 11.7 Å². The molecule has 5 heteroatoms. The van der Waals surface area contributed by atoms with Crippen LogP contribution in [-0.4, -0.2) is 10.9 Å². The molecule has 0 saturated heterocycles. The van der Waals surface area contributed by atoms with Crippen LogP contribution >= 0.6 is 0 Å². The molecule has 3 rings (SSSR count). The summed E-state index contributed by atoms with van der Waals surface area (Å²) in [5.74, 6) is 0.583. The van der Waals surface area contributed by atoms with Crippen molar-refractivity contribution in [3.63, 3.8) is 0 Å². The number of ether oxygens (including phenoxy) is 1. The van der Waals surface area contributed by atoms with Gasteiger partial charge >= 0.3 is 5.97 Å². The second-order valence-corrected chi connectivity index (χ2v) is 6.55. The number of nitrogens with zero attached hydrogens (tertiary/aromatic N) is 1. The predicted molar refractivity (Wildman–Crippen MR) is 95.1 cm³/mol. The molecule has 25 heavy (non-hydrogen) atoms. The van der Waals surface area contributed by atoms with Crippen LogP contribution < -0.4 is 4.74 Å². The second kappa shape index (κ2) is 7.47. The van der Waals surface area contributed by atoms with Crippen LogP contribution in [0.5, 0.6) is 5.75 Å². The van der Waals surface area contributed by atoms with Crippen molar-refractivity contribution in [1.29, 1.82) is 0 Å². The van der Waals surface area contributed by atoms with E-state index < -0.39 is 10.9 Å². The van der Waals surface area contributed by atoms with E-state index in [4.69, 9.17) is 4.74 Å². The van der Waals surface area contributed by atoms with Gasteiger partial charge in [0, 0.05) is 11.6 Å². The van der Waals surface area contributed by atoms with Gasteiger partial charge in [0.05, 0.1) is 10.5 Å². The third-order valence-electron chi connectivity index (χ3n) is 4.80. The number of aryl methyl sites for hydroxylation is 1. The Morgan fingerprint density at radius 2 is 1.76 bits per heavy atom. The van der Waals surface area contributed by atoms with Gasteiger partial charge in [-0.25, -0.2) is 4.79 Å². The molecule has 0 spiro atoms. The lowest BCUT2D eigenvalue weighted by Gasteiger charge is -2.22. The first-order chi connectivity index (χ1) is 12.0. The number of nitro groups is 1. The van der Waals surface area contributed by atoms with Crippen molar-refractivity contribution in [3.8, 4) is 5.75 Å². The Balaban J connectivity index is 1.68. The first-order valence-corrected chi connectivity index (χ1v) is 8.62. The molecule has 0 N–H and O–H groups in total. The maximum atomic E-state index is 12.2. The molecular weight excluding hydrogens is 318 g/mol. The Labute approximate surface area is 146 Å². The van der Waals surface area contributed by atoms with E-state index in [0.717, 1.165) is 0 Å². The van der Waals surface area contributed by atoms with Crippen molar-refractivity contribution in [3.05, 3.63) is 69.3 Å². The maximum Gasteiger partial charge on any atom is 0.343 e. The third kappa shape index (κ3) is 4.05. The number of rotatable bonds is 4. The van der Waals surface area contributed by atoms with E-state index in [9.17, 15) is 14.9 Å². The van der Waals surface area contributed by atoms with Crippen molar-refractivity contribution in [2.45, 2.75) is 44.9 Å². The summed E-state index contributed by atoms with van der Waals surface area (Å²) < 4.78 is 5.39. The average Bonchev–Trinajstić information content (AvgIpc) is 2.62. The molecule has 2 aromatic carbocycles. The van der Waals surface area contributed by atoms with Gasteiger partial charge in [-0.05, 0) is 55.5 Å². The Hall–Kier alpha value is -2.69. The van der Waals surface area contributed by atoms with Crippen LogP contribution in [0.3, 0.4) is 0 Å². The van der Waals surface area contributed by atoms with E-state index in [1.165, 1.54) is 55.9 Å². The summed E-state index contributed by atoms with van der Waals surface area (Å²) in [6.07, 6.45) is 6.32. The molecule has 0 unspecified atom stereocenters. The first kappa shape index (κ1) is 17.1. The first-order valence-electron chi connectivity index (χ1n) is 8.62. The van der Waals surface area contributed by atoms with Gasteiger partial charge < -0.3 is 4.74 Å². The van der Waals surface area contributed by atoms with Crippen LogP contribution in [0, 0.1) is 17.0 Å². The largest absolute Gasteiger partial charge is 0.423 e. The van der Waals surface area contributed by atoms with Gasteiger partial charge in [0.15, 0.2) is 0 Å². The molecule has 0 bridgehead atoms. The smallest absolute Gasteiger partial charge is 0.343 e. The second-order valence-electron chi connectivity index (χ2n) is 6.55. The Morgan fingerprint density at radius 1 is 1.08 bits per heavy atom. The van der Waals surface area contributed by atoms with E-state index in [1.807, 2.05) is 24.3 Å². The fraction of sp³-hybridized carbons (Fsp3) is 0.350. The van der Waals surface area contributed by atoms with E-state index in [1.54, 1.807) is 6.92 Å². The molecule has 0 amide bonds. The van der Waals surface area contributed by atoms with Crippen LogP contribution in [-0.2, 0) is 0 Å². The molecule has 1 aliphatic carbocycles. The third-order valence-corrected chi connectivity index (χ3v) is 4.80. The van der Waals surface area contributed by atoms with Crippen LogP contribution in [0.25, 0.3) is 0 Å². The summed E-state index contributed by atoms with van der Waals surface area (Å²) in [6, 6.07) is 11.9. The number of hydrogen-bond donors (Lipinski definition) is 0. The average molecular weight is 339 g/mol. The molecule has 130 valence electrons. The van der Waals surface area contributed by atoms with Gasteiger partial charge in [0.2, 0.25) is 0 Å². The minimum Gasteiger partial charge on any atom is -0.423 e. The highest BCUT2D eigenvalue weighted by Gasteiger charge is 2.17. The van der Waals surface area contributed by atoms with E-state index in [2.05, 4.69) is 0 Å². The Kier molecular flexibility index (Phi) is 5.12. The number of esters is 1. The molecule has 0 atom stereocenters. The molecule has 2 aromatic rings. The van der Waals surface area contributed by atoms with Gasteiger partial charge in [-0.15, -0.1) is 0 Å². The van der Waals surface area contributed by atoms with Crippen molar-refractivity contribution in [1.82, 2.24) is 0 Å². The molecule has 0 radical (unpaired) electrons. The molecule has 0 heterocycles. The molecular formula is C20H21NO4. The Morgan fingerprint density at radius 3 is 2.36 bits per heavy atom. The zero-order valence-electron chi connectivity index (χ0n) is 14.2. The lowest BCUT2D eigenvalue weighted by molar-refractivity contribution is -0.385. The molecule has 0 aromatic heterocycles. The van der Waals surface area contributed by atoms with E-state index in [-0.39, 0.29) is 5.69 Å². The van der Waals surface area contributed by atoms with Crippen LogP contribution in [0.4, 0.5) is 5.69 Å². The summed E-state index contributed by atoms with van der Waals surface area (Å²) in [6.45, 7) is 1.61. The van der Waals surface area contributed by atoms with Crippen LogP contribution in [0.15, 0.2) is 42.5 Å². The zero-order valence-corrected chi connectivity index (χ0v) is 14.2. The minimum atomic E-state index is -0.511. The van der Waals surface area contributed by atoms with E-state index in [0.29, 0.717) is 22.8 Å². The Bertz CT molecular complexity index is 777. The van der Waals surface area contributed by atoms with Crippen LogP contribution in [0.1, 0.15) is 59.5 Å². The number of carbonyl (C=O) groups excluding carboxylic acids is 1. The fourth-order valence-corrected chi connectivity index (χ4v) is 3.40. The van der Waals surface area contributed by atoms with Crippen molar-refractivity contribution < 1.29 is 14.5 Å². The highest BCUT2D eigenvalue weighted by Crippen LogP contribution is 2.33. The highest BCUT2D eigenvalue weighted by atomic mass is 16.6. The number of hydrogen-bond acceptors (Lipinski definition) is 4. The zero-order chi connectivity index (χ0) is 17.8. The summed E-state index contributed by atoms with van der Waals surface area (Å²) in [5, 5.41) is 10.8. The standard InChI is InChI=1S/C20H21NO4/c1-14-13-17(9-12-19(14)21(23)24)20(22)25-18-10-7-16(8-11-18)15-5-3-2-4-6-15/h7-13,15H,2-6H2,1H3. The number of benzene rings is 2. The number of carbonyl (C=O) groups is 1. The van der Waals surface area contributed by atoms with Gasteiger partial charge in [0.25, 0.3) is 5.69 Å². The monoisotopic (exact) mass is 339 g/mol. The van der Waals surface area contributed by atoms with Gasteiger partial charge in [-0.3, -0.25) is 10.1 Å². The predicted octanol–water partition coefficient (Wildman–Crippen LogP) is 5.17. The summed E-state index contributed by atoms with van der Waals surface area (Å²) in [7, 11) is 0. The highest BCUT2D eigenvalue weighted by molar-refractivity contribution is 5.91. The minimum absolute atomic E-state index is 0.00613. The topological polar surface area (TPSA) is 69.4 Å². The number of nitro benzene ring substituents is 1. The molecule has 1 fully saturated rings.